The second-order valence-electron chi connectivity index (χ2n) is 4.45. The molecule has 0 spiro atoms. The Morgan fingerprint density at radius 3 is 2.44 bits per heavy atom. The smallest absolute Gasteiger partial charge is 0.187 e. The number of carbonyl (C=O) groups excluding carboxylic acids is 1. The van der Waals surface area contributed by atoms with Crippen molar-refractivity contribution in [2.75, 3.05) is 0 Å². The Morgan fingerprint density at radius 2 is 1.78 bits per heavy atom. The number of benzene rings is 2. The average molecular weight is 305 g/mol. The van der Waals surface area contributed by atoms with Crippen molar-refractivity contribution in [1.29, 1.82) is 0 Å². The van der Waals surface area contributed by atoms with Crippen LogP contribution in [0.15, 0.2) is 48.5 Å². The number of halogens is 2. The van der Waals surface area contributed by atoms with Gasteiger partial charge in [0.25, 0.3) is 0 Å². The predicted octanol–water partition coefficient (Wildman–Crippen LogP) is 3.85. The molecule has 1 aliphatic carbocycles. The number of alkyl halides is 1. The van der Waals surface area contributed by atoms with Gasteiger partial charge in [-0.3, -0.25) is 4.79 Å². The fourth-order valence-corrected chi connectivity index (χ4v) is 3.21. The first-order chi connectivity index (χ1) is 8.63. The van der Waals surface area contributed by atoms with Crippen LogP contribution in [0, 0.1) is 5.82 Å². The molecule has 90 valence electrons. The highest BCUT2D eigenvalue weighted by atomic mass is 79.9. The van der Waals surface area contributed by atoms with Gasteiger partial charge in [-0.15, -0.1) is 0 Å². The second-order valence-corrected chi connectivity index (χ2v) is 5.80. The van der Waals surface area contributed by atoms with Crippen molar-refractivity contribution < 1.29 is 9.18 Å². The Kier molecular flexibility index (Phi) is 2.59. The zero-order valence-corrected chi connectivity index (χ0v) is 11.1. The maximum atomic E-state index is 13.8. The number of Topliss-reactive ketones (excluding diaryl/α,β-unsaturated/α-hetero) is 1. The minimum Gasteiger partial charge on any atom is -0.292 e. The van der Waals surface area contributed by atoms with Crippen LogP contribution in [0.1, 0.15) is 21.5 Å². The highest BCUT2D eigenvalue weighted by Gasteiger charge is 2.46. The number of rotatable bonds is 1. The molecular weight excluding hydrogens is 295 g/mol. The van der Waals surface area contributed by atoms with Gasteiger partial charge in [0.1, 0.15) is 10.1 Å². The molecule has 0 saturated heterocycles. The van der Waals surface area contributed by atoms with Crippen LogP contribution in [0.3, 0.4) is 0 Å². The summed E-state index contributed by atoms with van der Waals surface area (Å²) in [6.07, 6.45) is 0.489. The molecule has 0 saturated carbocycles. The van der Waals surface area contributed by atoms with Gasteiger partial charge < -0.3 is 0 Å². The van der Waals surface area contributed by atoms with E-state index >= 15 is 0 Å². The Hall–Kier alpha value is -1.48. The van der Waals surface area contributed by atoms with Gasteiger partial charge in [-0.1, -0.05) is 58.4 Å². The van der Waals surface area contributed by atoms with Gasteiger partial charge >= 0.3 is 0 Å². The lowest BCUT2D eigenvalue weighted by Crippen LogP contribution is -2.25. The molecule has 0 heterocycles. The molecule has 0 bridgehead atoms. The van der Waals surface area contributed by atoms with Crippen LogP contribution in [0.4, 0.5) is 4.39 Å². The molecule has 3 heteroatoms. The van der Waals surface area contributed by atoms with E-state index in [0.717, 1.165) is 11.1 Å². The van der Waals surface area contributed by atoms with Crippen molar-refractivity contribution in [2.24, 2.45) is 0 Å². The molecule has 1 aliphatic rings. The summed E-state index contributed by atoms with van der Waals surface area (Å²) in [5, 5.41) is 0. The fraction of sp³-hybridized carbons (Fsp3) is 0.133. The van der Waals surface area contributed by atoms with E-state index in [1.807, 2.05) is 36.4 Å². The van der Waals surface area contributed by atoms with Crippen LogP contribution >= 0.6 is 15.9 Å². The monoisotopic (exact) mass is 304 g/mol. The van der Waals surface area contributed by atoms with Crippen LogP contribution in [0.25, 0.3) is 0 Å². The minimum absolute atomic E-state index is 0.193. The quantitative estimate of drug-likeness (QED) is 0.731. The third kappa shape index (κ3) is 1.54. The summed E-state index contributed by atoms with van der Waals surface area (Å²) in [5.74, 6) is -0.628. The van der Waals surface area contributed by atoms with Crippen molar-refractivity contribution >= 4 is 21.7 Å². The average Bonchev–Trinajstić information content (AvgIpc) is 2.65. The lowest BCUT2D eigenvalue weighted by Gasteiger charge is -2.20. The van der Waals surface area contributed by atoms with E-state index in [0.29, 0.717) is 6.42 Å². The summed E-state index contributed by atoms with van der Waals surface area (Å²) in [6, 6.07) is 14.2. The van der Waals surface area contributed by atoms with E-state index < -0.39 is 10.1 Å². The summed E-state index contributed by atoms with van der Waals surface area (Å²) in [4.78, 5) is 12.5. The van der Waals surface area contributed by atoms with Crippen molar-refractivity contribution in [3.05, 3.63) is 71.0 Å². The first-order valence-corrected chi connectivity index (χ1v) is 6.49. The number of fused-ring (bicyclic) bond motifs is 1. The summed E-state index contributed by atoms with van der Waals surface area (Å²) in [6.45, 7) is 0. The van der Waals surface area contributed by atoms with Crippen LogP contribution in [-0.4, -0.2) is 5.78 Å². The Balaban J connectivity index is 2.15. The van der Waals surface area contributed by atoms with E-state index in [2.05, 4.69) is 15.9 Å². The SMILES string of the molecule is O=C1c2c(F)cccc2CC1(Br)c1ccccc1. The van der Waals surface area contributed by atoms with Gasteiger partial charge in [-0.05, 0) is 17.2 Å². The van der Waals surface area contributed by atoms with Crippen molar-refractivity contribution in [2.45, 2.75) is 10.7 Å². The minimum atomic E-state index is -0.821. The Labute approximate surface area is 113 Å². The maximum absolute atomic E-state index is 13.8. The molecule has 1 unspecified atom stereocenters. The summed E-state index contributed by atoms with van der Waals surface area (Å²) < 4.78 is 12.9. The van der Waals surface area contributed by atoms with E-state index in [9.17, 15) is 9.18 Å². The largest absolute Gasteiger partial charge is 0.292 e. The molecule has 0 radical (unpaired) electrons. The standard InChI is InChI=1S/C15H10BrFO/c16-15(11-6-2-1-3-7-11)9-10-5-4-8-12(17)13(10)14(15)18/h1-8H,9H2. The summed E-state index contributed by atoms with van der Waals surface area (Å²) in [5.41, 5.74) is 1.85. The van der Waals surface area contributed by atoms with Gasteiger partial charge in [-0.2, -0.15) is 0 Å². The molecule has 3 rings (SSSR count). The van der Waals surface area contributed by atoms with Gasteiger partial charge in [0.05, 0.1) is 5.56 Å². The third-order valence-corrected chi connectivity index (χ3v) is 4.45. The van der Waals surface area contributed by atoms with E-state index in [-0.39, 0.29) is 11.3 Å². The van der Waals surface area contributed by atoms with Crippen molar-refractivity contribution in [1.82, 2.24) is 0 Å². The molecule has 1 nitrogen and oxygen atoms in total. The molecule has 0 fully saturated rings. The topological polar surface area (TPSA) is 17.1 Å². The van der Waals surface area contributed by atoms with Crippen LogP contribution in [-0.2, 0) is 10.7 Å². The normalized spacial score (nSPS) is 22.0. The Morgan fingerprint density at radius 1 is 1.06 bits per heavy atom. The van der Waals surface area contributed by atoms with Crippen LogP contribution in [0.5, 0.6) is 0 Å². The molecular formula is C15H10BrFO. The summed E-state index contributed by atoms with van der Waals surface area (Å²) in [7, 11) is 0. The second kappa shape index (κ2) is 4.02. The molecule has 2 aromatic rings. The maximum Gasteiger partial charge on any atom is 0.187 e. The van der Waals surface area contributed by atoms with Gasteiger partial charge in [0, 0.05) is 6.42 Å². The highest BCUT2D eigenvalue weighted by Crippen LogP contribution is 2.45. The lowest BCUT2D eigenvalue weighted by molar-refractivity contribution is 0.0956. The van der Waals surface area contributed by atoms with Crippen LogP contribution < -0.4 is 0 Å². The highest BCUT2D eigenvalue weighted by molar-refractivity contribution is 9.10. The first-order valence-electron chi connectivity index (χ1n) is 5.69. The van der Waals surface area contributed by atoms with E-state index in [4.69, 9.17) is 0 Å². The zero-order chi connectivity index (χ0) is 12.8. The molecule has 2 aromatic carbocycles. The first kappa shape index (κ1) is 11.6. The molecule has 0 N–H and O–H groups in total. The third-order valence-electron chi connectivity index (χ3n) is 3.35. The molecule has 0 aliphatic heterocycles. The van der Waals surface area contributed by atoms with E-state index in [1.165, 1.54) is 6.07 Å². The number of hydrogen-bond donors (Lipinski definition) is 0. The Bertz CT molecular complexity index is 624. The van der Waals surface area contributed by atoms with Gasteiger partial charge in [0.15, 0.2) is 5.78 Å². The molecule has 0 aromatic heterocycles. The fourth-order valence-electron chi connectivity index (χ4n) is 2.45. The number of hydrogen-bond acceptors (Lipinski definition) is 1. The molecule has 0 amide bonds. The van der Waals surface area contributed by atoms with Crippen molar-refractivity contribution in [3.8, 4) is 0 Å². The van der Waals surface area contributed by atoms with Gasteiger partial charge in [0.2, 0.25) is 0 Å². The molecule has 1 atom stereocenters. The van der Waals surface area contributed by atoms with Gasteiger partial charge in [-0.25, -0.2) is 4.39 Å². The molecule has 18 heavy (non-hydrogen) atoms. The van der Waals surface area contributed by atoms with Crippen LogP contribution in [0.2, 0.25) is 0 Å². The predicted molar refractivity (Wildman–Crippen MR) is 71.5 cm³/mol. The summed E-state index contributed by atoms with van der Waals surface area (Å²) >= 11 is 3.52. The van der Waals surface area contributed by atoms with Crippen molar-refractivity contribution in [3.63, 3.8) is 0 Å². The zero-order valence-electron chi connectivity index (χ0n) is 9.49. The van der Waals surface area contributed by atoms with E-state index in [1.54, 1.807) is 6.07 Å². The lowest BCUT2D eigenvalue weighted by atomic mass is 9.95. The number of carbonyl (C=O) groups is 1. The number of ketones is 1.